The van der Waals surface area contributed by atoms with E-state index in [1.54, 1.807) is 16.8 Å². The SMILES string of the molecule is CN(Cc1ccc(Br)cc1)C(=O)[C@@H]1CCCN1C(=O)OC(C)(C)C. The van der Waals surface area contributed by atoms with Gasteiger partial charge in [-0.05, 0) is 51.3 Å². The minimum absolute atomic E-state index is 0.0405. The second-order valence-corrected chi connectivity index (χ2v) is 8.07. The summed E-state index contributed by atoms with van der Waals surface area (Å²) in [6.45, 7) is 6.58. The Morgan fingerprint density at radius 1 is 1.29 bits per heavy atom. The van der Waals surface area contributed by atoms with Gasteiger partial charge in [0, 0.05) is 24.6 Å². The summed E-state index contributed by atoms with van der Waals surface area (Å²) < 4.78 is 6.43. The monoisotopic (exact) mass is 396 g/mol. The first-order valence-electron chi connectivity index (χ1n) is 8.16. The Labute approximate surface area is 152 Å². The molecule has 24 heavy (non-hydrogen) atoms. The minimum Gasteiger partial charge on any atom is -0.444 e. The zero-order valence-corrected chi connectivity index (χ0v) is 16.3. The lowest BCUT2D eigenvalue weighted by Gasteiger charge is -2.30. The predicted molar refractivity (Wildman–Crippen MR) is 96.6 cm³/mol. The smallest absolute Gasteiger partial charge is 0.410 e. The molecule has 0 aliphatic carbocycles. The van der Waals surface area contributed by atoms with Crippen LogP contribution in [0.15, 0.2) is 28.7 Å². The third kappa shape index (κ3) is 4.97. The lowest BCUT2D eigenvalue weighted by Crippen LogP contribution is -2.47. The van der Waals surface area contributed by atoms with Crippen molar-refractivity contribution >= 4 is 27.9 Å². The Balaban J connectivity index is 2.01. The molecule has 1 aromatic rings. The zero-order valence-electron chi connectivity index (χ0n) is 14.7. The van der Waals surface area contributed by atoms with E-state index in [0.717, 1.165) is 16.5 Å². The highest BCUT2D eigenvalue weighted by Gasteiger charge is 2.37. The van der Waals surface area contributed by atoms with Crippen LogP contribution in [0.25, 0.3) is 0 Å². The van der Waals surface area contributed by atoms with Gasteiger partial charge in [0.25, 0.3) is 0 Å². The fourth-order valence-corrected chi connectivity index (χ4v) is 3.02. The summed E-state index contributed by atoms with van der Waals surface area (Å²) in [5.41, 5.74) is 0.493. The first-order chi connectivity index (χ1) is 11.2. The average Bonchev–Trinajstić information content (AvgIpc) is 2.96. The molecule has 1 atom stereocenters. The van der Waals surface area contributed by atoms with Crippen LogP contribution in [0.1, 0.15) is 39.2 Å². The molecule has 0 aromatic heterocycles. The number of carbonyl (C=O) groups excluding carboxylic acids is 2. The molecule has 1 saturated heterocycles. The molecule has 0 saturated carbocycles. The molecule has 0 N–H and O–H groups in total. The highest BCUT2D eigenvalue weighted by molar-refractivity contribution is 9.10. The van der Waals surface area contributed by atoms with Crippen molar-refractivity contribution in [1.29, 1.82) is 0 Å². The van der Waals surface area contributed by atoms with Crippen LogP contribution in [0.4, 0.5) is 4.79 Å². The van der Waals surface area contributed by atoms with Crippen molar-refractivity contribution in [2.24, 2.45) is 0 Å². The summed E-state index contributed by atoms with van der Waals surface area (Å²) in [4.78, 5) is 28.3. The molecular weight excluding hydrogens is 372 g/mol. The molecule has 0 spiro atoms. The molecule has 0 unspecified atom stereocenters. The van der Waals surface area contributed by atoms with Gasteiger partial charge >= 0.3 is 6.09 Å². The highest BCUT2D eigenvalue weighted by atomic mass is 79.9. The van der Waals surface area contributed by atoms with Gasteiger partial charge in [0.2, 0.25) is 5.91 Å². The number of nitrogens with zero attached hydrogens (tertiary/aromatic N) is 2. The molecule has 0 bridgehead atoms. The molecule has 132 valence electrons. The number of rotatable bonds is 3. The van der Waals surface area contributed by atoms with E-state index in [0.29, 0.717) is 19.5 Å². The Morgan fingerprint density at radius 2 is 1.92 bits per heavy atom. The Kier molecular flexibility index (Phi) is 5.91. The molecular formula is C18H25BrN2O3. The molecule has 0 radical (unpaired) electrons. The molecule has 1 aromatic carbocycles. The maximum atomic E-state index is 12.8. The summed E-state index contributed by atoms with van der Waals surface area (Å²) >= 11 is 3.40. The normalized spacial score (nSPS) is 17.7. The van der Waals surface area contributed by atoms with Crippen LogP contribution in [-0.2, 0) is 16.1 Å². The van der Waals surface area contributed by atoms with Crippen LogP contribution in [0.3, 0.4) is 0 Å². The quantitative estimate of drug-likeness (QED) is 0.780. The van der Waals surface area contributed by atoms with E-state index >= 15 is 0 Å². The van der Waals surface area contributed by atoms with Gasteiger partial charge in [-0.15, -0.1) is 0 Å². The first-order valence-corrected chi connectivity index (χ1v) is 8.96. The number of benzene rings is 1. The van der Waals surface area contributed by atoms with Gasteiger partial charge in [-0.2, -0.15) is 0 Å². The zero-order chi connectivity index (χ0) is 17.9. The number of likely N-dealkylation sites (tertiary alicyclic amines) is 1. The van der Waals surface area contributed by atoms with Crippen molar-refractivity contribution in [3.63, 3.8) is 0 Å². The number of hydrogen-bond donors (Lipinski definition) is 0. The highest BCUT2D eigenvalue weighted by Crippen LogP contribution is 2.23. The summed E-state index contributed by atoms with van der Waals surface area (Å²) in [5, 5.41) is 0. The molecule has 1 aliphatic rings. The Hall–Kier alpha value is -1.56. The summed E-state index contributed by atoms with van der Waals surface area (Å²) in [6.07, 6.45) is 1.10. The maximum absolute atomic E-state index is 12.8. The van der Waals surface area contributed by atoms with Crippen molar-refractivity contribution in [3.05, 3.63) is 34.3 Å². The van der Waals surface area contributed by atoms with Crippen LogP contribution >= 0.6 is 15.9 Å². The minimum atomic E-state index is -0.559. The lowest BCUT2D eigenvalue weighted by atomic mass is 10.1. The van der Waals surface area contributed by atoms with E-state index in [1.165, 1.54) is 0 Å². The predicted octanol–water partition coefficient (Wildman–Crippen LogP) is 3.81. The van der Waals surface area contributed by atoms with Crippen LogP contribution in [-0.4, -0.2) is 47.0 Å². The van der Waals surface area contributed by atoms with E-state index < -0.39 is 17.7 Å². The fourth-order valence-electron chi connectivity index (χ4n) is 2.76. The molecule has 5 nitrogen and oxygen atoms in total. The van der Waals surface area contributed by atoms with E-state index in [-0.39, 0.29) is 5.91 Å². The van der Waals surface area contributed by atoms with Crippen molar-refractivity contribution in [3.8, 4) is 0 Å². The third-order valence-electron chi connectivity index (χ3n) is 3.88. The van der Waals surface area contributed by atoms with Crippen LogP contribution in [0.5, 0.6) is 0 Å². The molecule has 1 heterocycles. The summed E-state index contributed by atoms with van der Waals surface area (Å²) in [7, 11) is 1.77. The van der Waals surface area contributed by atoms with Crippen molar-refractivity contribution in [2.75, 3.05) is 13.6 Å². The first kappa shape index (κ1) is 18.8. The van der Waals surface area contributed by atoms with E-state index in [4.69, 9.17) is 4.74 Å². The van der Waals surface area contributed by atoms with Gasteiger partial charge in [0.1, 0.15) is 11.6 Å². The number of halogens is 1. The number of ether oxygens (including phenoxy) is 1. The van der Waals surface area contributed by atoms with Gasteiger partial charge in [0.05, 0.1) is 0 Å². The van der Waals surface area contributed by atoms with Crippen LogP contribution < -0.4 is 0 Å². The van der Waals surface area contributed by atoms with Crippen molar-refractivity contribution in [1.82, 2.24) is 9.80 Å². The summed E-state index contributed by atoms with van der Waals surface area (Å²) in [6, 6.07) is 7.44. The topological polar surface area (TPSA) is 49.9 Å². The Bertz CT molecular complexity index is 595. The van der Waals surface area contributed by atoms with E-state index in [1.807, 2.05) is 45.0 Å². The van der Waals surface area contributed by atoms with Gasteiger partial charge in [-0.25, -0.2) is 4.79 Å². The third-order valence-corrected chi connectivity index (χ3v) is 4.40. The maximum Gasteiger partial charge on any atom is 0.410 e. The van der Waals surface area contributed by atoms with E-state index in [9.17, 15) is 9.59 Å². The van der Waals surface area contributed by atoms with Gasteiger partial charge in [0.15, 0.2) is 0 Å². The molecule has 2 amide bonds. The van der Waals surface area contributed by atoms with Crippen LogP contribution in [0.2, 0.25) is 0 Å². The fraction of sp³-hybridized carbons (Fsp3) is 0.556. The standard InChI is InChI=1S/C18H25BrN2O3/c1-18(2,3)24-17(23)21-11-5-6-15(21)16(22)20(4)12-13-7-9-14(19)10-8-13/h7-10,15H,5-6,11-12H2,1-4H3/t15-/m0/s1. The number of hydrogen-bond acceptors (Lipinski definition) is 3. The van der Waals surface area contributed by atoms with Gasteiger partial charge in [-0.1, -0.05) is 28.1 Å². The second-order valence-electron chi connectivity index (χ2n) is 7.15. The molecule has 1 fully saturated rings. The number of carbonyl (C=O) groups is 2. The van der Waals surface area contributed by atoms with Crippen LogP contribution in [0, 0.1) is 0 Å². The summed E-state index contributed by atoms with van der Waals surface area (Å²) in [5.74, 6) is -0.0405. The van der Waals surface area contributed by atoms with Gasteiger partial charge < -0.3 is 9.64 Å². The Morgan fingerprint density at radius 3 is 2.50 bits per heavy atom. The van der Waals surface area contributed by atoms with Gasteiger partial charge in [-0.3, -0.25) is 9.69 Å². The molecule has 1 aliphatic heterocycles. The van der Waals surface area contributed by atoms with Crippen molar-refractivity contribution in [2.45, 2.75) is 51.8 Å². The van der Waals surface area contributed by atoms with E-state index in [2.05, 4.69) is 15.9 Å². The average molecular weight is 397 g/mol. The van der Waals surface area contributed by atoms with Crippen molar-refractivity contribution < 1.29 is 14.3 Å². The second kappa shape index (κ2) is 7.55. The molecule has 2 rings (SSSR count). The lowest BCUT2D eigenvalue weighted by molar-refractivity contribution is -0.135. The number of likely N-dealkylation sites (N-methyl/N-ethyl adjacent to an activating group) is 1. The largest absolute Gasteiger partial charge is 0.444 e. The molecule has 6 heteroatoms. The number of amides is 2.